The Labute approximate surface area is 141 Å². The molecular formula is C17H23N3O4. The van der Waals surface area contributed by atoms with Gasteiger partial charge < -0.3 is 19.7 Å². The number of nitrogens with one attached hydrogen (secondary N) is 1. The van der Waals surface area contributed by atoms with Crippen LogP contribution in [-0.2, 0) is 4.79 Å². The number of amides is 2. The highest BCUT2D eigenvalue weighted by Gasteiger charge is 2.21. The molecule has 0 atom stereocenters. The number of piperazine rings is 1. The number of hydrogen-bond donors (Lipinski definition) is 1. The third-order valence-electron chi connectivity index (χ3n) is 4.34. The molecule has 1 aromatic rings. The first-order valence-electron chi connectivity index (χ1n) is 8.30. The Morgan fingerprint density at radius 2 is 1.88 bits per heavy atom. The van der Waals surface area contributed by atoms with E-state index in [1.54, 1.807) is 25.1 Å². The zero-order valence-corrected chi connectivity index (χ0v) is 13.9. The number of rotatable bonds is 4. The monoisotopic (exact) mass is 333 g/mol. The van der Waals surface area contributed by atoms with Crippen molar-refractivity contribution in [2.75, 3.05) is 52.5 Å². The van der Waals surface area contributed by atoms with Crippen molar-refractivity contribution in [3.8, 4) is 11.5 Å². The second kappa shape index (κ2) is 7.53. The second-order valence-electron chi connectivity index (χ2n) is 5.93. The van der Waals surface area contributed by atoms with E-state index in [0.717, 1.165) is 32.7 Å². The summed E-state index contributed by atoms with van der Waals surface area (Å²) >= 11 is 0. The number of hydrogen-bond acceptors (Lipinski definition) is 5. The average molecular weight is 333 g/mol. The SMILES string of the molecule is CC(=O)N1CCN(CCNC(=O)c2cccc3c2OCCO3)CC1. The quantitative estimate of drug-likeness (QED) is 0.861. The summed E-state index contributed by atoms with van der Waals surface area (Å²) in [5.41, 5.74) is 0.508. The van der Waals surface area contributed by atoms with E-state index in [2.05, 4.69) is 10.2 Å². The molecule has 1 N–H and O–H groups in total. The minimum Gasteiger partial charge on any atom is -0.486 e. The Hall–Kier alpha value is -2.28. The van der Waals surface area contributed by atoms with Crippen LogP contribution >= 0.6 is 0 Å². The van der Waals surface area contributed by atoms with Crippen LogP contribution in [0.4, 0.5) is 0 Å². The molecule has 0 saturated carbocycles. The minimum atomic E-state index is -0.153. The van der Waals surface area contributed by atoms with Gasteiger partial charge in [0, 0.05) is 46.2 Å². The molecule has 24 heavy (non-hydrogen) atoms. The molecule has 0 radical (unpaired) electrons. The molecule has 1 saturated heterocycles. The first kappa shape index (κ1) is 16.6. The van der Waals surface area contributed by atoms with Crippen LogP contribution in [0.3, 0.4) is 0 Å². The van der Waals surface area contributed by atoms with Crippen molar-refractivity contribution in [2.45, 2.75) is 6.92 Å². The molecule has 1 aromatic carbocycles. The normalized spacial score (nSPS) is 17.5. The Morgan fingerprint density at radius 1 is 1.12 bits per heavy atom. The summed E-state index contributed by atoms with van der Waals surface area (Å²) in [6, 6.07) is 5.34. The Bertz CT molecular complexity index is 612. The molecule has 0 spiro atoms. The molecule has 2 amide bonds. The summed E-state index contributed by atoms with van der Waals surface area (Å²) in [6.45, 7) is 7.07. The third-order valence-corrected chi connectivity index (χ3v) is 4.34. The maximum atomic E-state index is 12.4. The Morgan fingerprint density at radius 3 is 2.62 bits per heavy atom. The fraction of sp³-hybridized carbons (Fsp3) is 0.529. The van der Waals surface area contributed by atoms with Crippen molar-refractivity contribution in [3.05, 3.63) is 23.8 Å². The zero-order chi connectivity index (χ0) is 16.9. The third kappa shape index (κ3) is 3.79. The van der Waals surface area contributed by atoms with Gasteiger partial charge >= 0.3 is 0 Å². The van der Waals surface area contributed by atoms with E-state index in [1.165, 1.54) is 0 Å². The second-order valence-corrected chi connectivity index (χ2v) is 5.93. The van der Waals surface area contributed by atoms with Crippen LogP contribution in [0.5, 0.6) is 11.5 Å². The summed E-state index contributed by atoms with van der Waals surface area (Å²) in [5.74, 6) is 1.12. The van der Waals surface area contributed by atoms with Crippen LogP contribution in [0.2, 0.25) is 0 Å². The van der Waals surface area contributed by atoms with Gasteiger partial charge in [-0.05, 0) is 12.1 Å². The summed E-state index contributed by atoms with van der Waals surface area (Å²) in [7, 11) is 0. The maximum Gasteiger partial charge on any atom is 0.255 e. The summed E-state index contributed by atoms with van der Waals surface area (Å²) in [5, 5.41) is 2.93. The van der Waals surface area contributed by atoms with E-state index < -0.39 is 0 Å². The lowest BCUT2D eigenvalue weighted by molar-refractivity contribution is -0.130. The predicted octanol–water partition coefficient (Wildman–Crippen LogP) is 0.352. The molecule has 0 aromatic heterocycles. The lowest BCUT2D eigenvalue weighted by atomic mass is 10.1. The summed E-state index contributed by atoms with van der Waals surface area (Å²) < 4.78 is 11.1. The highest BCUT2D eigenvalue weighted by Crippen LogP contribution is 2.33. The van der Waals surface area contributed by atoms with Gasteiger partial charge in [0.05, 0.1) is 5.56 Å². The molecule has 2 aliphatic heterocycles. The summed E-state index contributed by atoms with van der Waals surface area (Å²) in [6.07, 6.45) is 0. The standard InChI is InChI=1S/C17H23N3O4/c1-13(21)20-9-7-19(8-10-20)6-5-18-17(22)14-3-2-4-15-16(14)24-12-11-23-15/h2-4H,5-12H2,1H3,(H,18,22). The molecule has 2 aliphatic rings. The Balaban J connectivity index is 1.48. The fourth-order valence-electron chi connectivity index (χ4n) is 2.96. The number of para-hydroxylation sites is 1. The maximum absolute atomic E-state index is 12.4. The lowest BCUT2D eigenvalue weighted by Crippen LogP contribution is -2.49. The van der Waals surface area contributed by atoms with Gasteiger partial charge in [0.25, 0.3) is 5.91 Å². The smallest absolute Gasteiger partial charge is 0.255 e. The van der Waals surface area contributed by atoms with Gasteiger partial charge in [-0.2, -0.15) is 0 Å². The summed E-state index contributed by atoms with van der Waals surface area (Å²) in [4.78, 5) is 27.8. The van der Waals surface area contributed by atoms with Gasteiger partial charge in [0.15, 0.2) is 11.5 Å². The van der Waals surface area contributed by atoms with Crippen molar-refractivity contribution in [3.63, 3.8) is 0 Å². The van der Waals surface area contributed by atoms with Crippen LogP contribution in [0.15, 0.2) is 18.2 Å². The van der Waals surface area contributed by atoms with Gasteiger partial charge in [-0.3, -0.25) is 14.5 Å². The molecule has 1 fully saturated rings. The number of carbonyl (C=O) groups excluding carboxylic acids is 2. The van der Waals surface area contributed by atoms with E-state index >= 15 is 0 Å². The van der Waals surface area contributed by atoms with Crippen molar-refractivity contribution in [1.29, 1.82) is 0 Å². The molecular weight excluding hydrogens is 310 g/mol. The van der Waals surface area contributed by atoms with E-state index in [-0.39, 0.29) is 11.8 Å². The van der Waals surface area contributed by atoms with E-state index in [9.17, 15) is 9.59 Å². The van der Waals surface area contributed by atoms with Crippen LogP contribution < -0.4 is 14.8 Å². The van der Waals surface area contributed by atoms with Crippen LogP contribution in [0, 0.1) is 0 Å². The molecule has 0 bridgehead atoms. The lowest BCUT2D eigenvalue weighted by Gasteiger charge is -2.34. The fourth-order valence-corrected chi connectivity index (χ4v) is 2.96. The van der Waals surface area contributed by atoms with Gasteiger partial charge in [-0.15, -0.1) is 0 Å². The van der Waals surface area contributed by atoms with Crippen LogP contribution in [0.25, 0.3) is 0 Å². The zero-order valence-electron chi connectivity index (χ0n) is 13.9. The van der Waals surface area contributed by atoms with E-state index in [0.29, 0.717) is 36.8 Å². The number of fused-ring (bicyclic) bond motifs is 1. The van der Waals surface area contributed by atoms with E-state index in [4.69, 9.17) is 9.47 Å². The average Bonchev–Trinajstić information content (AvgIpc) is 2.61. The molecule has 7 nitrogen and oxygen atoms in total. The number of carbonyl (C=O) groups is 2. The Kier molecular flexibility index (Phi) is 5.20. The number of ether oxygens (including phenoxy) is 2. The van der Waals surface area contributed by atoms with Gasteiger partial charge in [-0.25, -0.2) is 0 Å². The van der Waals surface area contributed by atoms with Gasteiger partial charge in [0.2, 0.25) is 5.91 Å². The van der Waals surface area contributed by atoms with Gasteiger partial charge in [0.1, 0.15) is 13.2 Å². The predicted molar refractivity (Wildman–Crippen MR) is 88.5 cm³/mol. The number of nitrogens with zero attached hydrogens (tertiary/aromatic N) is 2. The van der Waals surface area contributed by atoms with Crippen LogP contribution in [0.1, 0.15) is 17.3 Å². The molecule has 7 heteroatoms. The molecule has 3 rings (SSSR count). The van der Waals surface area contributed by atoms with Crippen LogP contribution in [-0.4, -0.2) is 74.1 Å². The number of benzene rings is 1. The minimum absolute atomic E-state index is 0.124. The molecule has 0 unspecified atom stereocenters. The molecule has 0 aliphatic carbocycles. The van der Waals surface area contributed by atoms with Crippen molar-refractivity contribution in [2.24, 2.45) is 0 Å². The van der Waals surface area contributed by atoms with E-state index in [1.807, 2.05) is 4.90 Å². The largest absolute Gasteiger partial charge is 0.486 e. The molecule has 2 heterocycles. The topological polar surface area (TPSA) is 71.1 Å². The van der Waals surface area contributed by atoms with Crippen molar-refractivity contribution in [1.82, 2.24) is 15.1 Å². The van der Waals surface area contributed by atoms with Crippen molar-refractivity contribution < 1.29 is 19.1 Å². The first-order valence-corrected chi connectivity index (χ1v) is 8.30. The van der Waals surface area contributed by atoms with Gasteiger partial charge in [-0.1, -0.05) is 6.07 Å². The van der Waals surface area contributed by atoms with Crippen molar-refractivity contribution >= 4 is 11.8 Å². The molecule has 130 valence electrons. The highest BCUT2D eigenvalue weighted by atomic mass is 16.6. The highest BCUT2D eigenvalue weighted by molar-refractivity contribution is 5.97. The first-order chi connectivity index (χ1) is 11.6.